The fraction of sp³-hybridized carbons (Fsp3) is 0.500. The average molecular weight is 199 g/mol. The molecule has 0 N–H and O–H groups in total. The number of hydrogen-bond acceptors (Lipinski definition) is 1. The lowest BCUT2D eigenvalue weighted by atomic mass is 9.63. The van der Waals surface area contributed by atoms with Crippen molar-refractivity contribution in [1.29, 1.82) is 5.26 Å². The summed E-state index contributed by atoms with van der Waals surface area (Å²) < 4.78 is 0. The Bertz CT molecular complexity index is 394. The van der Waals surface area contributed by atoms with E-state index in [0.29, 0.717) is 5.92 Å². The van der Waals surface area contributed by atoms with E-state index in [1.165, 1.54) is 17.5 Å². The summed E-state index contributed by atoms with van der Waals surface area (Å²) in [6, 6.07) is 11.0. The van der Waals surface area contributed by atoms with E-state index in [9.17, 15) is 5.26 Å². The first-order chi connectivity index (χ1) is 7.19. The molecule has 78 valence electrons. The molecule has 0 unspecified atom stereocenters. The van der Waals surface area contributed by atoms with E-state index in [1.807, 2.05) is 0 Å². The van der Waals surface area contributed by atoms with Crippen LogP contribution in [-0.2, 0) is 5.41 Å². The Morgan fingerprint density at radius 2 is 1.93 bits per heavy atom. The summed E-state index contributed by atoms with van der Waals surface area (Å²) in [5.41, 5.74) is 2.45. The van der Waals surface area contributed by atoms with Crippen molar-refractivity contribution < 1.29 is 0 Å². The lowest BCUT2D eigenvalue weighted by Crippen LogP contribution is -2.33. The van der Waals surface area contributed by atoms with Crippen molar-refractivity contribution in [2.75, 3.05) is 0 Å². The van der Waals surface area contributed by atoms with E-state index in [-0.39, 0.29) is 5.41 Å². The van der Waals surface area contributed by atoms with Crippen LogP contribution < -0.4 is 0 Å². The fourth-order valence-corrected chi connectivity index (χ4v) is 2.41. The Labute approximate surface area is 91.7 Å². The summed E-state index contributed by atoms with van der Waals surface area (Å²) >= 11 is 0. The summed E-state index contributed by atoms with van der Waals surface area (Å²) in [4.78, 5) is 0. The zero-order valence-electron chi connectivity index (χ0n) is 9.46. The van der Waals surface area contributed by atoms with Gasteiger partial charge in [0, 0.05) is 0 Å². The summed E-state index contributed by atoms with van der Waals surface area (Å²) in [6.45, 7) is 4.39. The van der Waals surface area contributed by atoms with Gasteiger partial charge in [-0.05, 0) is 36.3 Å². The maximum atomic E-state index is 9.35. The Balaban J connectivity index is 2.48. The van der Waals surface area contributed by atoms with Crippen LogP contribution in [0, 0.1) is 11.3 Å². The third-order valence-electron chi connectivity index (χ3n) is 3.52. The van der Waals surface area contributed by atoms with Crippen LogP contribution in [0.3, 0.4) is 0 Å². The number of nitrogens with zero attached hydrogens (tertiary/aromatic N) is 1. The highest BCUT2D eigenvalue weighted by molar-refractivity contribution is 5.42. The molecule has 0 bridgehead atoms. The Morgan fingerprint density at radius 3 is 2.40 bits per heavy atom. The molecule has 0 aromatic heterocycles. The highest BCUT2D eigenvalue weighted by Crippen LogP contribution is 2.45. The van der Waals surface area contributed by atoms with Gasteiger partial charge in [0.05, 0.1) is 11.5 Å². The largest absolute Gasteiger partial charge is 0.197 e. The molecule has 2 rings (SSSR count). The zero-order valence-corrected chi connectivity index (χ0v) is 9.46. The summed E-state index contributed by atoms with van der Waals surface area (Å²) in [7, 11) is 0. The first-order valence-corrected chi connectivity index (χ1v) is 5.70. The minimum Gasteiger partial charge on any atom is -0.197 e. The summed E-state index contributed by atoms with van der Waals surface area (Å²) in [6.07, 6.45) is 3.26. The quantitative estimate of drug-likeness (QED) is 0.711. The molecule has 0 saturated heterocycles. The molecule has 1 aromatic rings. The van der Waals surface area contributed by atoms with Crippen molar-refractivity contribution in [3.05, 3.63) is 35.4 Å². The van der Waals surface area contributed by atoms with Crippen LogP contribution in [0.25, 0.3) is 0 Å². The number of benzene rings is 1. The first-order valence-electron chi connectivity index (χ1n) is 5.70. The third-order valence-corrected chi connectivity index (χ3v) is 3.52. The van der Waals surface area contributed by atoms with E-state index < -0.39 is 0 Å². The molecule has 1 fully saturated rings. The van der Waals surface area contributed by atoms with E-state index in [1.54, 1.807) is 0 Å². The van der Waals surface area contributed by atoms with Gasteiger partial charge >= 0.3 is 0 Å². The molecule has 0 heterocycles. The molecular weight excluding hydrogens is 182 g/mol. The molecule has 0 amide bonds. The predicted molar refractivity (Wildman–Crippen MR) is 61.7 cm³/mol. The number of nitriles is 1. The number of hydrogen-bond donors (Lipinski definition) is 0. The lowest BCUT2D eigenvalue weighted by molar-refractivity contribution is 0.321. The second-order valence-electron chi connectivity index (χ2n) is 4.79. The van der Waals surface area contributed by atoms with Crippen LogP contribution in [0.4, 0.5) is 0 Å². The third kappa shape index (κ3) is 1.55. The zero-order chi connectivity index (χ0) is 10.9. The fourth-order valence-electron chi connectivity index (χ4n) is 2.41. The highest BCUT2D eigenvalue weighted by atomic mass is 14.5. The normalized spacial score (nSPS) is 18.3. The minimum absolute atomic E-state index is 0.166. The average Bonchev–Trinajstić information content (AvgIpc) is 2.17. The smallest absolute Gasteiger partial charge is 0.0825 e. The van der Waals surface area contributed by atoms with Gasteiger partial charge < -0.3 is 0 Å². The van der Waals surface area contributed by atoms with Crippen molar-refractivity contribution >= 4 is 0 Å². The Morgan fingerprint density at radius 1 is 1.27 bits per heavy atom. The maximum Gasteiger partial charge on any atom is 0.0825 e. The van der Waals surface area contributed by atoms with Crippen molar-refractivity contribution in [1.82, 2.24) is 0 Å². The minimum atomic E-state index is -0.166. The van der Waals surface area contributed by atoms with Gasteiger partial charge in [-0.3, -0.25) is 0 Å². The molecule has 1 aliphatic carbocycles. The second-order valence-corrected chi connectivity index (χ2v) is 4.79. The molecular formula is C14H17N. The standard InChI is InChI=1S/C14H17N/c1-11(2)12-6-3-4-7-13(12)14(10-15)8-5-9-14/h3-4,6-7,11H,5,8-9H2,1-2H3. The van der Waals surface area contributed by atoms with Gasteiger partial charge in [0.1, 0.15) is 0 Å². The van der Waals surface area contributed by atoms with Crippen molar-refractivity contribution in [2.45, 2.75) is 44.4 Å². The van der Waals surface area contributed by atoms with Crippen LogP contribution in [0.5, 0.6) is 0 Å². The molecule has 0 atom stereocenters. The van der Waals surface area contributed by atoms with E-state index in [0.717, 1.165) is 12.8 Å². The van der Waals surface area contributed by atoms with Gasteiger partial charge in [0.25, 0.3) is 0 Å². The van der Waals surface area contributed by atoms with Crippen molar-refractivity contribution in [3.8, 4) is 6.07 Å². The van der Waals surface area contributed by atoms with Gasteiger partial charge in [-0.1, -0.05) is 38.1 Å². The molecule has 1 aromatic carbocycles. The molecule has 15 heavy (non-hydrogen) atoms. The molecule has 1 saturated carbocycles. The molecule has 1 aliphatic rings. The van der Waals surface area contributed by atoms with Gasteiger partial charge in [0.15, 0.2) is 0 Å². The highest BCUT2D eigenvalue weighted by Gasteiger charge is 2.40. The monoisotopic (exact) mass is 199 g/mol. The van der Waals surface area contributed by atoms with Crippen LogP contribution in [0.15, 0.2) is 24.3 Å². The summed E-state index contributed by atoms with van der Waals surface area (Å²) in [5.74, 6) is 0.507. The SMILES string of the molecule is CC(C)c1ccccc1C1(C#N)CCC1. The van der Waals surface area contributed by atoms with E-state index in [2.05, 4.69) is 44.2 Å². The molecule has 1 heteroatoms. The van der Waals surface area contributed by atoms with Gasteiger partial charge in [0.2, 0.25) is 0 Å². The summed E-state index contributed by atoms with van der Waals surface area (Å²) in [5, 5.41) is 9.35. The van der Waals surface area contributed by atoms with Crippen molar-refractivity contribution in [3.63, 3.8) is 0 Å². The van der Waals surface area contributed by atoms with Gasteiger partial charge in [-0.2, -0.15) is 5.26 Å². The van der Waals surface area contributed by atoms with Crippen LogP contribution >= 0.6 is 0 Å². The van der Waals surface area contributed by atoms with E-state index in [4.69, 9.17) is 0 Å². The molecule has 0 radical (unpaired) electrons. The number of rotatable bonds is 2. The van der Waals surface area contributed by atoms with Crippen LogP contribution in [0.2, 0.25) is 0 Å². The lowest BCUT2D eigenvalue weighted by Gasteiger charge is -2.37. The predicted octanol–water partition coefficient (Wildman–Crippen LogP) is 3.76. The Hall–Kier alpha value is -1.29. The van der Waals surface area contributed by atoms with Crippen LogP contribution in [0.1, 0.15) is 50.2 Å². The molecule has 0 spiro atoms. The molecule has 1 nitrogen and oxygen atoms in total. The topological polar surface area (TPSA) is 23.8 Å². The van der Waals surface area contributed by atoms with E-state index >= 15 is 0 Å². The van der Waals surface area contributed by atoms with Gasteiger partial charge in [-0.15, -0.1) is 0 Å². The van der Waals surface area contributed by atoms with Crippen molar-refractivity contribution in [2.24, 2.45) is 0 Å². The first kappa shape index (κ1) is 10.2. The molecule has 0 aliphatic heterocycles. The van der Waals surface area contributed by atoms with Gasteiger partial charge in [-0.25, -0.2) is 0 Å². The Kier molecular flexibility index (Phi) is 2.52. The maximum absolute atomic E-state index is 9.35. The second kappa shape index (κ2) is 3.70. The van der Waals surface area contributed by atoms with Crippen LogP contribution in [-0.4, -0.2) is 0 Å².